The highest BCUT2D eigenvalue weighted by Gasteiger charge is 2.39. The number of alkyl halides is 3. The van der Waals surface area contributed by atoms with Crippen molar-refractivity contribution in [3.05, 3.63) is 34.6 Å². The van der Waals surface area contributed by atoms with Crippen LogP contribution in [0.3, 0.4) is 0 Å². The van der Waals surface area contributed by atoms with Gasteiger partial charge in [-0.2, -0.15) is 13.2 Å². The minimum Gasteiger partial charge on any atom is -0.378 e. The fourth-order valence-electron chi connectivity index (χ4n) is 4.56. The lowest BCUT2D eigenvalue weighted by Crippen LogP contribution is -2.32. The number of benzene rings is 1. The Morgan fingerprint density at radius 1 is 1.04 bits per heavy atom. The lowest BCUT2D eigenvalue weighted by Gasteiger charge is -2.37. The molecule has 3 rings (SSSR count). The summed E-state index contributed by atoms with van der Waals surface area (Å²) in [7, 11) is 0. The van der Waals surface area contributed by atoms with E-state index in [-0.39, 0.29) is 5.56 Å². The van der Waals surface area contributed by atoms with E-state index in [1.54, 1.807) is 0 Å². The molecule has 0 spiro atoms. The van der Waals surface area contributed by atoms with Gasteiger partial charge in [0.2, 0.25) is 0 Å². The van der Waals surface area contributed by atoms with Crippen LogP contribution in [0.1, 0.15) is 66.9 Å². The van der Waals surface area contributed by atoms with Crippen LogP contribution in [0.2, 0.25) is 0 Å². The van der Waals surface area contributed by atoms with Gasteiger partial charge in [0.05, 0.1) is 23.8 Å². The molecule has 1 saturated heterocycles. The molecule has 0 radical (unpaired) electrons. The predicted octanol–water partition coefficient (Wildman–Crippen LogP) is 5.96. The van der Waals surface area contributed by atoms with Gasteiger partial charge in [0.1, 0.15) is 5.82 Å². The second-order valence-electron chi connectivity index (χ2n) is 8.07. The minimum absolute atomic E-state index is 0.202. The second kappa shape index (κ2) is 7.90. The fraction of sp³-hybridized carbons (Fsp3) is 0.667. The van der Waals surface area contributed by atoms with Gasteiger partial charge in [-0.1, -0.05) is 6.07 Å². The topological polar surface area (TPSA) is 26.3 Å². The van der Waals surface area contributed by atoms with E-state index in [1.165, 1.54) is 19.1 Å². The van der Waals surface area contributed by atoms with E-state index in [2.05, 4.69) is 6.92 Å². The second-order valence-corrected chi connectivity index (χ2v) is 8.07. The van der Waals surface area contributed by atoms with Crippen LogP contribution in [0.5, 0.6) is 0 Å². The summed E-state index contributed by atoms with van der Waals surface area (Å²) in [5, 5.41) is 0. The molecule has 1 heterocycles. The van der Waals surface area contributed by atoms with E-state index >= 15 is 0 Å². The maximum Gasteiger partial charge on any atom is 0.419 e. The summed E-state index contributed by atoms with van der Waals surface area (Å²) in [4.78, 5) is 12.7. The van der Waals surface area contributed by atoms with Gasteiger partial charge in [-0.05, 0) is 75.8 Å². The number of rotatable bonds is 3. The quantitative estimate of drug-likeness (QED) is 0.473. The Hall–Kier alpha value is -1.43. The summed E-state index contributed by atoms with van der Waals surface area (Å²) in [6, 6.07) is 2.38. The van der Waals surface area contributed by atoms with Gasteiger partial charge in [-0.15, -0.1) is 0 Å². The van der Waals surface area contributed by atoms with Crippen molar-refractivity contribution in [2.75, 3.05) is 6.61 Å². The molecule has 1 aliphatic carbocycles. The predicted molar refractivity (Wildman–Crippen MR) is 94.1 cm³/mol. The Morgan fingerprint density at radius 3 is 2.22 bits per heavy atom. The van der Waals surface area contributed by atoms with Crippen molar-refractivity contribution in [1.82, 2.24) is 0 Å². The first-order valence-corrected chi connectivity index (χ1v) is 9.70. The normalized spacial score (nSPS) is 29.6. The molecule has 2 atom stereocenters. The molecule has 1 aromatic rings. The Morgan fingerprint density at radius 2 is 1.67 bits per heavy atom. The standard InChI is InChI=1S/C21H26F4O2/c1-12-3-10-17(19(22)18(12)21(23,24)25)20(26)15-8-6-14(7-9-15)16-5-4-13(2)27-11-16/h3,10,13-16H,4-9,11H2,1-2H3/t13?,14?,15?,16-/m1/s1. The van der Waals surface area contributed by atoms with Crippen LogP contribution < -0.4 is 0 Å². The number of ketones is 1. The zero-order valence-electron chi connectivity index (χ0n) is 15.7. The highest BCUT2D eigenvalue weighted by molar-refractivity contribution is 5.98. The molecule has 1 saturated carbocycles. The van der Waals surface area contributed by atoms with Crippen LogP contribution in [-0.4, -0.2) is 18.5 Å². The molecule has 2 fully saturated rings. The van der Waals surface area contributed by atoms with Crippen LogP contribution in [0.4, 0.5) is 17.6 Å². The number of aryl methyl sites for hydroxylation is 1. The largest absolute Gasteiger partial charge is 0.419 e. The van der Waals surface area contributed by atoms with Crippen molar-refractivity contribution in [3.63, 3.8) is 0 Å². The van der Waals surface area contributed by atoms with Crippen molar-refractivity contribution in [1.29, 1.82) is 0 Å². The minimum atomic E-state index is -4.81. The average Bonchev–Trinajstić information content (AvgIpc) is 2.61. The smallest absolute Gasteiger partial charge is 0.378 e. The molecule has 0 N–H and O–H groups in total. The van der Waals surface area contributed by atoms with Crippen LogP contribution in [-0.2, 0) is 10.9 Å². The molecule has 2 aliphatic rings. The summed E-state index contributed by atoms with van der Waals surface area (Å²) < 4.78 is 59.6. The summed E-state index contributed by atoms with van der Waals surface area (Å²) in [6.45, 7) is 4.02. The van der Waals surface area contributed by atoms with Crippen molar-refractivity contribution in [2.45, 2.75) is 64.7 Å². The third-order valence-corrected chi connectivity index (χ3v) is 6.25. The first-order chi connectivity index (χ1) is 12.7. The lowest BCUT2D eigenvalue weighted by molar-refractivity contribution is -0.140. The highest BCUT2D eigenvalue weighted by atomic mass is 19.4. The van der Waals surface area contributed by atoms with Crippen LogP contribution in [0.15, 0.2) is 12.1 Å². The molecule has 6 heteroatoms. The van der Waals surface area contributed by atoms with Gasteiger partial charge in [-0.25, -0.2) is 4.39 Å². The van der Waals surface area contributed by atoms with Gasteiger partial charge >= 0.3 is 6.18 Å². The Bertz CT molecular complexity index is 682. The van der Waals surface area contributed by atoms with Gasteiger partial charge < -0.3 is 4.74 Å². The molecule has 0 aromatic heterocycles. The third kappa shape index (κ3) is 4.36. The number of ether oxygens (including phenoxy) is 1. The van der Waals surface area contributed by atoms with Gasteiger partial charge in [0.15, 0.2) is 5.78 Å². The monoisotopic (exact) mass is 386 g/mol. The van der Waals surface area contributed by atoms with E-state index in [0.29, 0.717) is 30.8 Å². The van der Waals surface area contributed by atoms with Crippen LogP contribution in [0.25, 0.3) is 0 Å². The van der Waals surface area contributed by atoms with E-state index in [1.807, 2.05) is 0 Å². The summed E-state index contributed by atoms with van der Waals surface area (Å²) in [5.41, 5.74) is -1.95. The van der Waals surface area contributed by atoms with E-state index in [4.69, 9.17) is 4.74 Å². The maximum atomic E-state index is 14.5. The molecule has 0 bridgehead atoms. The molecule has 1 aromatic carbocycles. The summed E-state index contributed by atoms with van der Waals surface area (Å²) >= 11 is 0. The van der Waals surface area contributed by atoms with E-state index in [9.17, 15) is 22.4 Å². The fourth-order valence-corrected chi connectivity index (χ4v) is 4.56. The maximum absolute atomic E-state index is 14.5. The Kier molecular flexibility index (Phi) is 5.94. The average molecular weight is 386 g/mol. The van der Waals surface area contributed by atoms with E-state index in [0.717, 1.165) is 32.3 Å². The van der Waals surface area contributed by atoms with E-state index < -0.39 is 34.8 Å². The third-order valence-electron chi connectivity index (χ3n) is 6.25. The zero-order chi connectivity index (χ0) is 19.8. The Labute approximate surface area is 157 Å². The van der Waals surface area contributed by atoms with Gasteiger partial charge in [0, 0.05) is 5.92 Å². The lowest BCUT2D eigenvalue weighted by atomic mass is 9.72. The van der Waals surface area contributed by atoms with Gasteiger partial charge in [-0.3, -0.25) is 4.79 Å². The van der Waals surface area contributed by atoms with Crippen molar-refractivity contribution in [2.24, 2.45) is 17.8 Å². The van der Waals surface area contributed by atoms with Gasteiger partial charge in [0.25, 0.3) is 0 Å². The number of hydrogen-bond donors (Lipinski definition) is 0. The molecule has 150 valence electrons. The zero-order valence-corrected chi connectivity index (χ0v) is 15.7. The van der Waals surface area contributed by atoms with Crippen LogP contribution >= 0.6 is 0 Å². The summed E-state index contributed by atoms with van der Waals surface area (Å²) in [6.07, 6.45) is 0.544. The number of carbonyl (C=O) groups excluding carboxylic acids is 1. The van der Waals surface area contributed by atoms with Crippen LogP contribution in [0, 0.1) is 30.5 Å². The number of Topliss-reactive ketones (excluding diaryl/α,β-unsaturated/α-hetero) is 1. The molecule has 1 unspecified atom stereocenters. The number of carbonyl (C=O) groups is 1. The van der Waals surface area contributed by atoms with Crippen molar-refractivity contribution >= 4 is 5.78 Å². The first kappa shape index (κ1) is 20.3. The molecule has 2 nitrogen and oxygen atoms in total. The molecule has 0 amide bonds. The number of halogens is 4. The SMILES string of the molecule is Cc1ccc(C(=O)C2CCC([C@@H]3CCC(C)OC3)CC2)c(F)c1C(F)(F)F. The van der Waals surface area contributed by atoms with Crippen molar-refractivity contribution in [3.8, 4) is 0 Å². The number of hydrogen-bond acceptors (Lipinski definition) is 2. The summed E-state index contributed by atoms with van der Waals surface area (Å²) in [5.74, 6) is -1.35. The first-order valence-electron chi connectivity index (χ1n) is 9.70. The molecule has 1 aliphatic heterocycles. The molecule has 27 heavy (non-hydrogen) atoms. The molecular weight excluding hydrogens is 360 g/mol. The molecular formula is C21H26F4O2. The Balaban J connectivity index is 1.68. The highest BCUT2D eigenvalue weighted by Crippen LogP contribution is 2.40. The van der Waals surface area contributed by atoms with Crippen molar-refractivity contribution < 1.29 is 27.1 Å².